The molecule has 1 aromatic heterocycles. The van der Waals surface area contributed by atoms with Gasteiger partial charge in [-0.25, -0.2) is 9.07 Å². The Labute approximate surface area is 178 Å². The molecule has 0 aliphatic rings. The molecule has 0 aliphatic heterocycles. The second-order valence-corrected chi connectivity index (χ2v) is 6.89. The Morgan fingerprint density at radius 3 is 2.57 bits per heavy atom. The monoisotopic (exact) mass is 426 g/mol. The number of hydrogen-bond donors (Lipinski definition) is 2. The van der Waals surface area contributed by atoms with Gasteiger partial charge in [0.15, 0.2) is 0 Å². The fourth-order valence-electron chi connectivity index (χ4n) is 2.91. The molecule has 1 heterocycles. The van der Waals surface area contributed by atoms with E-state index in [9.17, 15) is 14.0 Å². The minimum absolute atomic E-state index is 0.155. The SMILES string of the molecule is C=CCNC(=O)c1ccccc1NC(=O)c1c(C)nn(Cc2ccc(F)cc2)c1Cl. The highest BCUT2D eigenvalue weighted by Gasteiger charge is 2.22. The van der Waals surface area contributed by atoms with Gasteiger partial charge in [-0.2, -0.15) is 5.10 Å². The second kappa shape index (κ2) is 9.37. The Hall–Kier alpha value is -3.45. The molecule has 6 nitrogen and oxygen atoms in total. The first-order valence-electron chi connectivity index (χ1n) is 9.17. The van der Waals surface area contributed by atoms with Crippen LogP contribution in [0.1, 0.15) is 32.0 Å². The third kappa shape index (κ3) is 4.75. The average molecular weight is 427 g/mol. The van der Waals surface area contributed by atoms with Gasteiger partial charge in [0.1, 0.15) is 11.0 Å². The molecule has 0 saturated heterocycles. The van der Waals surface area contributed by atoms with Crippen LogP contribution in [0.4, 0.5) is 10.1 Å². The summed E-state index contributed by atoms with van der Waals surface area (Å²) in [5.41, 5.74) is 2.11. The number of amides is 2. The van der Waals surface area contributed by atoms with Crippen molar-refractivity contribution in [3.8, 4) is 0 Å². The maximum Gasteiger partial charge on any atom is 0.260 e. The normalized spacial score (nSPS) is 10.5. The van der Waals surface area contributed by atoms with Gasteiger partial charge in [-0.15, -0.1) is 6.58 Å². The number of benzene rings is 2. The van der Waals surface area contributed by atoms with Crippen molar-refractivity contribution in [3.63, 3.8) is 0 Å². The zero-order valence-corrected chi connectivity index (χ0v) is 17.0. The standard InChI is InChI=1S/C22H20ClFN4O2/c1-3-12-25-21(29)17-6-4-5-7-18(17)26-22(30)19-14(2)27-28(20(19)23)13-15-8-10-16(24)11-9-15/h3-11H,1,12-13H2,2H3,(H,25,29)(H,26,30). The van der Waals surface area contributed by atoms with Crippen LogP contribution in [-0.4, -0.2) is 28.1 Å². The van der Waals surface area contributed by atoms with Gasteiger partial charge >= 0.3 is 0 Å². The molecule has 0 radical (unpaired) electrons. The Kier molecular flexibility index (Phi) is 6.64. The number of rotatable bonds is 7. The Balaban J connectivity index is 1.83. The van der Waals surface area contributed by atoms with Crippen LogP contribution in [0, 0.1) is 12.7 Å². The van der Waals surface area contributed by atoms with E-state index >= 15 is 0 Å². The van der Waals surface area contributed by atoms with Gasteiger partial charge in [0.05, 0.1) is 29.1 Å². The molecule has 8 heteroatoms. The zero-order valence-electron chi connectivity index (χ0n) is 16.3. The van der Waals surface area contributed by atoms with Crippen LogP contribution in [0.3, 0.4) is 0 Å². The summed E-state index contributed by atoms with van der Waals surface area (Å²) in [4.78, 5) is 25.2. The molecule has 0 bridgehead atoms. The maximum absolute atomic E-state index is 13.1. The molecule has 0 spiro atoms. The molecule has 2 N–H and O–H groups in total. The number of aryl methyl sites for hydroxylation is 1. The Morgan fingerprint density at radius 1 is 1.17 bits per heavy atom. The lowest BCUT2D eigenvalue weighted by atomic mass is 10.1. The number of carbonyl (C=O) groups excluding carboxylic acids is 2. The van der Waals surface area contributed by atoms with E-state index in [4.69, 9.17) is 11.6 Å². The quantitative estimate of drug-likeness (QED) is 0.556. The van der Waals surface area contributed by atoms with Crippen LogP contribution in [-0.2, 0) is 6.54 Å². The lowest BCUT2D eigenvalue weighted by Crippen LogP contribution is -2.25. The fourth-order valence-corrected chi connectivity index (χ4v) is 3.23. The van der Waals surface area contributed by atoms with Crippen molar-refractivity contribution in [3.05, 3.63) is 94.5 Å². The number of carbonyl (C=O) groups is 2. The van der Waals surface area contributed by atoms with E-state index in [1.807, 2.05) is 0 Å². The molecule has 0 aliphatic carbocycles. The molecule has 3 rings (SSSR count). The van der Waals surface area contributed by atoms with E-state index in [1.165, 1.54) is 16.8 Å². The molecule has 0 unspecified atom stereocenters. The summed E-state index contributed by atoms with van der Waals surface area (Å²) in [7, 11) is 0. The Morgan fingerprint density at radius 2 is 1.87 bits per heavy atom. The molecule has 2 aromatic carbocycles. The molecule has 0 saturated carbocycles. The van der Waals surface area contributed by atoms with Crippen LogP contribution in [0.25, 0.3) is 0 Å². The van der Waals surface area contributed by atoms with E-state index in [0.29, 0.717) is 23.5 Å². The molecule has 0 fully saturated rings. The third-order valence-corrected chi connectivity index (χ3v) is 4.75. The number of para-hydroxylation sites is 1. The average Bonchev–Trinajstić information content (AvgIpc) is 3.01. The summed E-state index contributed by atoms with van der Waals surface area (Å²) in [5.74, 6) is -1.15. The molecule has 2 amide bonds. The zero-order chi connectivity index (χ0) is 21.7. The fraction of sp³-hybridized carbons (Fsp3) is 0.136. The molecule has 30 heavy (non-hydrogen) atoms. The number of hydrogen-bond acceptors (Lipinski definition) is 3. The molecule has 154 valence electrons. The van der Waals surface area contributed by atoms with Crippen molar-refractivity contribution in [2.75, 3.05) is 11.9 Å². The predicted octanol–water partition coefficient (Wildman–Crippen LogP) is 4.20. The molecular formula is C22H20ClFN4O2. The predicted molar refractivity (Wildman–Crippen MR) is 114 cm³/mol. The highest BCUT2D eigenvalue weighted by molar-refractivity contribution is 6.33. The lowest BCUT2D eigenvalue weighted by Gasteiger charge is -2.11. The van der Waals surface area contributed by atoms with Gasteiger partial charge in [0.2, 0.25) is 0 Å². The van der Waals surface area contributed by atoms with Crippen LogP contribution in [0.5, 0.6) is 0 Å². The summed E-state index contributed by atoms with van der Waals surface area (Å²) in [6, 6.07) is 12.6. The van der Waals surface area contributed by atoms with E-state index in [0.717, 1.165) is 5.56 Å². The number of halogens is 2. The van der Waals surface area contributed by atoms with Crippen LogP contribution in [0.15, 0.2) is 61.2 Å². The van der Waals surface area contributed by atoms with Crippen LogP contribution in [0.2, 0.25) is 5.15 Å². The topological polar surface area (TPSA) is 76.0 Å². The van der Waals surface area contributed by atoms with Gasteiger partial charge < -0.3 is 10.6 Å². The van der Waals surface area contributed by atoms with Crippen molar-refractivity contribution in [2.45, 2.75) is 13.5 Å². The van der Waals surface area contributed by atoms with Crippen molar-refractivity contribution in [1.29, 1.82) is 0 Å². The summed E-state index contributed by atoms with van der Waals surface area (Å²) in [6.07, 6.45) is 1.57. The second-order valence-electron chi connectivity index (χ2n) is 6.53. The first-order valence-corrected chi connectivity index (χ1v) is 9.55. The Bertz CT molecular complexity index is 1090. The number of nitrogens with zero attached hydrogens (tertiary/aromatic N) is 2. The smallest absolute Gasteiger partial charge is 0.260 e. The first-order chi connectivity index (χ1) is 14.4. The highest BCUT2D eigenvalue weighted by atomic mass is 35.5. The lowest BCUT2D eigenvalue weighted by molar-refractivity contribution is 0.0959. The summed E-state index contributed by atoms with van der Waals surface area (Å²) in [5, 5.41) is 9.90. The first kappa shape index (κ1) is 21.3. The minimum Gasteiger partial charge on any atom is -0.349 e. The van der Waals surface area contributed by atoms with Crippen LogP contribution < -0.4 is 10.6 Å². The summed E-state index contributed by atoms with van der Waals surface area (Å²) in [6.45, 7) is 5.83. The van der Waals surface area contributed by atoms with Crippen molar-refractivity contribution in [1.82, 2.24) is 15.1 Å². The third-order valence-electron chi connectivity index (χ3n) is 4.36. The number of aromatic nitrogens is 2. The van der Waals surface area contributed by atoms with E-state index in [-0.39, 0.29) is 29.0 Å². The molecule has 0 atom stereocenters. The minimum atomic E-state index is -0.480. The van der Waals surface area contributed by atoms with Crippen molar-refractivity contribution >= 4 is 29.1 Å². The van der Waals surface area contributed by atoms with E-state index in [1.54, 1.807) is 49.4 Å². The molecule has 3 aromatic rings. The highest BCUT2D eigenvalue weighted by Crippen LogP contribution is 2.24. The van der Waals surface area contributed by atoms with Gasteiger partial charge in [0.25, 0.3) is 11.8 Å². The van der Waals surface area contributed by atoms with Gasteiger partial charge in [-0.05, 0) is 36.8 Å². The van der Waals surface area contributed by atoms with Gasteiger partial charge in [-0.3, -0.25) is 9.59 Å². The van der Waals surface area contributed by atoms with E-state index < -0.39 is 5.91 Å². The van der Waals surface area contributed by atoms with Crippen molar-refractivity contribution in [2.24, 2.45) is 0 Å². The van der Waals surface area contributed by atoms with Crippen LogP contribution >= 0.6 is 11.6 Å². The summed E-state index contributed by atoms with van der Waals surface area (Å²) < 4.78 is 14.6. The van der Waals surface area contributed by atoms with Gasteiger partial charge in [-0.1, -0.05) is 41.9 Å². The number of nitrogens with one attached hydrogen (secondary N) is 2. The van der Waals surface area contributed by atoms with E-state index in [2.05, 4.69) is 22.3 Å². The number of anilines is 1. The van der Waals surface area contributed by atoms with Gasteiger partial charge in [0, 0.05) is 6.54 Å². The molecular weight excluding hydrogens is 407 g/mol. The summed E-state index contributed by atoms with van der Waals surface area (Å²) >= 11 is 6.42. The maximum atomic E-state index is 13.1. The largest absolute Gasteiger partial charge is 0.349 e. The van der Waals surface area contributed by atoms with Crippen molar-refractivity contribution < 1.29 is 14.0 Å².